The van der Waals surface area contributed by atoms with E-state index in [1.807, 2.05) is 0 Å². The van der Waals surface area contributed by atoms with Gasteiger partial charge in [-0.1, -0.05) is 12.1 Å². The highest BCUT2D eigenvalue weighted by Gasteiger charge is 2.50. The number of piperazine rings is 1. The molecule has 0 radical (unpaired) electrons. The summed E-state index contributed by atoms with van der Waals surface area (Å²) in [6.07, 6.45) is -7.42. The van der Waals surface area contributed by atoms with Gasteiger partial charge < -0.3 is 85.0 Å². The number of amides is 5. The summed E-state index contributed by atoms with van der Waals surface area (Å²) in [5.41, 5.74) is -1.31. The number of benzene rings is 1. The molecule has 2 fully saturated rings. The van der Waals surface area contributed by atoms with E-state index in [1.54, 1.807) is 61.8 Å². The van der Waals surface area contributed by atoms with Crippen LogP contribution in [0.15, 0.2) is 56.9 Å². The maximum Gasteiger partial charge on any atom is 0.358 e. The SMILES string of the molecule is CO/C(C)=C1/NC(=O)C(C(C)O)NC(=O)c2csc(n2)-c2cc(OC)c(-c3nc(C(=O)NCCN4CCN(C)CC4)cs3)nc2-c2csc(n2)C2COC(=O)c3c4c5c(cccc5n3O)COC(=O)C(OC3CC(C)(O)C(N(C)C)C(C)O3)C(OC4)C(NC(=O)c3csc1n3)c1nc(cs1)C(=O)N2. The van der Waals surface area contributed by atoms with Crippen LogP contribution in [0.2, 0.25) is 0 Å². The summed E-state index contributed by atoms with van der Waals surface area (Å²) >= 11 is 4.98. The molecule has 544 valence electrons. The Bertz CT molecular complexity index is 4630. The van der Waals surface area contributed by atoms with E-state index < -0.39 is 127 Å². The Morgan fingerprint density at radius 1 is 0.825 bits per heavy atom. The summed E-state index contributed by atoms with van der Waals surface area (Å²) < 4.78 is 44.5. The molecule has 10 atom stereocenters. The molecule has 5 aliphatic rings. The van der Waals surface area contributed by atoms with Crippen LogP contribution >= 0.6 is 56.7 Å². The molecule has 10 unspecified atom stereocenters. The van der Waals surface area contributed by atoms with Crippen LogP contribution in [0.4, 0.5) is 0 Å². The number of pyridine rings is 1. The maximum atomic E-state index is 15.2. The molecular weight excluding hydrogens is 1440 g/mol. The van der Waals surface area contributed by atoms with Crippen molar-refractivity contribution >= 4 is 115 Å². The first kappa shape index (κ1) is 72.5. The Morgan fingerprint density at radius 3 is 2.23 bits per heavy atom. The van der Waals surface area contributed by atoms with Gasteiger partial charge in [0.05, 0.1) is 50.2 Å². The largest absolute Gasteiger partial charge is 0.499 e. The number of aliphatic hydroxyl groups excluding tert-OH is 1. The van der Waals surface area contributed by atoms with Gasteiger partial charge in [-0.2, -0.15) is 4.73 Å². The standard InChI is InChI=1S/C66H73N15O17S5/c1-29(82)45-58(87)76-46(30(2)92-8)61-72-40(28-101-61)57(86)77-49-51-52(98-43-20-66(4,90)53(78(5)6)31(3)97-43)65(89)95-21-32-11-10-12-41-44(32)34(22-94-51)50(81(41)91)64(88)96-23-35(68-55(84)38-27-103-63(49)73-38)60-69-36(24-100-60)47-33(59-70-39(26-99-59)56(85)75-45)19-42(93-9)48(74-47)62-71-37(25-102-62)54(83)67-13-14-80-17-15-79(7)16-18-80/h10-12,19,24-29,31,35,43,45,49,51-53,82,90-91H,13-18,20-23H2,1-9H3,(H,67,83)(H,68,84)(H,75,85)(H,76,87)(H,77,86)/b46-30+. The van der Waals surface area contributed by atoms with E-state index in [0.717, 1.165) is 82.9 Å². The number of ether oxygens (including phenoxy) is 7. The van der Waals surface area contributed by atoms with Gasteiger partial charge in [-0.05, 0) is 66.5 Å². The average Bonchev–Trinajstić information content (AvgIpc) is 1.63. The molecule has 0 aliphatic carbocycles. The third kappa shape index (κ3) is 14.9. The summed E-state index contributed by atoms with van der Waals surface area (Å²) in [5.74, 6) is -5.85. The van der Waals surface area contributed by atoms with Crippen molar-refractivity contribution in [3.8, 4) is 38.4 Å². The second-order valence-corrected chi connectivity index (χ2v) is 30.0. The molecular formula is C66H73N15O17S5. The first-order chi connectivity index (χ1) is 49.4. The minimum absolute atomic E-state index is 0.0107. The molecule has 5 aliphatic heterocycles. The molecule has 0 spiro atoms. The van der Waals surface area contributed by atoms with Crippen LogP contribution in [-0.2, 0) is 51.2 Å². The van der Waals surface area contributed by atoms with Gasteiger partial charge in [0.1, 0.15) is 120 Å². The third-order valence-corrected chi connectivity index (χ3v) is 22.7. The predicted octanol–water partition coefficient (Wildman–Crippen LogP) is 4.44. The number of carbonyl (C=O) groups excluding carboxylic acids is 7. The molecule has 37 heteroatoms. The van der Waals surface area contributed by atoms with E-state index in [9.17, 15) is 29.8 Å². The lowest BCUT2D eigenvalue weighted by Gasteiger charge is -2.48. The number of esters is 2. The Labute approximate surface area is 608 Å². The minimum Gasteiger partial charge on any atom is -0.499 e. The van der Waals surface area contributed by atoms with Crippen molar-refractivity contribution in [3.63, 3.8) is 0 Å². The van der Waals surface area contributed by atoms with Crippen molar-refractivity contribution in [1.29, 1.82) is 0 Å². The van der Waals surface area contributed by atoms with Gasteiger partial charge in [-0.25, -0.2) is 39.5 Å². The van der Waals surface area contributed by atoms with Crippen LogP contribution in [0.1, 0.15) is 125 Å². The van der Waals surface area contributed by atoms with Crippen molar-refractivity contribution < 1.29 is 82.1 Å². The number of likely N-dealkylation sites (N-methyl/N-ethyl adjacent to an activating group) is 2. The highest BCUT2D eigenvalue weighted by molar-refractivity contribution is 7.14. The molecule has 8 aromatic rings. The fraction of sp³-hybridized carbons (Fsp3) is 0.439. The number of allylic oxidation sites excluding steroid dienone is 1. The van der Waals surface area contributed by atoms with Gasteiger partial charge in [0, 0.05) is 89.1 Å². The van der Waals surface area contributed by atoms with Gasteiger partial charge in [0.15, 0.2) is 18.1 Å². The van der Waals surface area contributed by atoms with Crippen molar-refractivity contribution in [2.75, 3.05) is 81.2 Å². The lowest BCUT2D eigenvalue weighted by Crippen LogP contribution is -2.62. The molecule has 1 aromatic carbocycles. The number of methoxy groups -OCH3 is 2. The molecule has 32 nitrogen and oxygen atoms in total. The van der Waals surface area contributed by atoms with Gasteiger partial charge in [0.2, 0.25) is 5.91 Å². The molecule has 103 heavy (non-hydrogen) atoms. The number of hydrogen-bond acceptors (Lipinski definition) is 31. The molecule has 5 amide bonds. The average molecular weight is 1510 g/mol. The molecule has 12 bridgehead atoms. The topological polar surface area (TPSA) is 397 Å². The summed E-state index contributed by atoms with van der Waals surface area (Å²) in [6, 6.07) is 1.23. The number of rotatable bonds is 11. The van der Waals surface area contributed by atoms with Crippen molar-refractivity contribution in [1.82, 2.24) is 75.9 Å². The number of aromatic nitrogens is 7. The van der Waals surface area contributed by atoms with E-state index in [1.165, 1.54) is 50.3 Å². The van der Waals surface area contributed by atoms with E-state index >= 15 is 19.2 Å². The summed E-state index contributed by atoms with van der Waals surface area (Å²) in [6.45, 7) is 9.06. The predicted molar refractivity (Wildman–Crippen MR) is 375 cm³/mol. The van der Waals surface area contributed by atoms with Gasteiger partial charge in [0.25, 0.3) is 23.6 Å². The smallest absolute Gasteiger partial charge is 0.358 e. The molecule has 12 heterocycles. The zero-order valence-corrected chi connectivity index (χ0v) is 61.1. The van der Waals surface area contributed by atoms with Crippen LogP contribution in [0, 0.1) is 0 Å². The van der Waals surface area contributed by atoms with E-state index in [0.29, 0.717) is 23.4 Å². The lowest BCUT2D eigenvalue weighted by atomic mass is 9.85. The third-order valence-electron chi connectivity index (χ3n) is 18.3. The Hall–Kier alpha value is -8.83. The van der Waals surface area contributed by atoms with Crippen molar-refractivity contribution in [2.24, 2.45) is 0 Å². The second kappa shape index (κ2) is 30.1. The van der Waals surface area contributed by atoms with Crippen LogP contribution in [-0.4, -0.2) is 236 Å². The Kier molecular flexibility index (Phi) is 21.2. The highest BCUT2D eigenvalue weighted by Crippen LogP contribution is 2.43. The quantitative estimate of drug-likeness (QED) is 0.0504. The number of thiazole rings is 5. The number of hydrogen-bond donors (Lipinski definition) is 8. The second-order valence-electron chi connectivity index (χ2n) is 25.6. The van der Waals surface area contributed by atoms with Crippen molar-refractivity contribution in [3.05, 3.63) is 112 Å². The molecule has 0 saturated carbocycles. The molecule has 13 rings (SSSR count). The van der Waals surface area contributed by atoms with E-state index in [2.05, 4.69) is 48.4 Å². The van der Waals surface area contributed by atoms with Crippen LogP contribution in [0.3, 0.4) is 0 Å². The first-order valence-corrected chi connectivity index (χ1v) is 37.0. The van der Waals surface area contributed by atoms with Crippen LogP contribution < -0.4 is 31.3 Å². The Morgan fingerprint density at radius 2 is 1.50 bits per heavy atom. The summed E-state index contributed by atoms with van der Waals surface area (Å²) in [7, 11) is 8.38. The number of fused-ring (bicyclic) bond motifs is 15. The fourth-order valence-corrected chi connectivity index (χ4v) is 17.3. The summed E-state index contributed by atoms with van der Waals surface area (Å²) in [5, 5.41) is 57.9. The monoisotopic (exact) mass is 1510 g/mol. The molecule has 8 N–H and O–H groups in total. The number of cyclic esters (lactones) is 2. The number of carbonyl (C=O) groups is 7. The minimum atomic E-state index is -1.90. The lowest BCUT2D eigenvalue weighted by molar-refractivity contribution is -0.280. The van der Waals surface area contributed by atoms with Crippen LogP contribution in [0.5, 0.6) is 5.75 Å². The molecule has 2 saturated heterocycles. The molecule has 7 aromatic heterocycles. The van der Waals surface area contributed by atoms with Gasteiger partial charge in [-0.3, -0.25) is 28.9 Å². The number of nitrogens with one attached hydrogen (secondary N) is 5. The van der Waals surface area contributed by atoms with Crippen molar-refractivity contribution in [2.45, 2.75) is 108 Å². The number of aliphatic hydroxyl groups is 2. The first-order valence-electron chi connectivity index (χ1n) is 32.6. The maximum absolute atomic E-state index is 15.2. The van der Waals surface area contributed by atoms with Gasteiger partial charge >= 0.3 is 11.9 Å². The van der Waals surface area contributed by atoms with Gasteiger partial charge in [-0.15, -0.1) is 56.7 Å². The van der Waals surface area contributed by atoms with E-state index in [4.69, 9.17) is 58.1 Å². The summed E-state index contributed by atoms with van der Waals surface area (Å²) in [4.78, 5) is 139. The highest BCUT2D eigenvalue weighted by atomic mass is 32.1. The zero-order chi connectivity index (χ0) is 72.9. The number of nitrogens with zero attached hydrogens (tertiary/aromatic N) is 10. The fourth-order valence-electron chi connectivity index (χ4n) is 13.1. The van der Waals surface area contributed by atoms with E-state index in [-0.39, 0.29) is 111 Å². The normalized spacial score (nSPS) is 24.8. The zero-order valence-electron chi connectivity index (χ0n) is 57.0. The van der Waals surface area contributed by atoms with Crippen LogP contribution in [0.25, 0.3) is 49.3 Å². The Balaban J connectivity index is 0.960.